The largest absolute Gasteiger partial charge is 0.493 e. The van der Waals surface area contributed by atoms with Crippen molar-refractivity contribution in [2.45, 2.75) is 6.92 Å². The first-order valence-corrected chi connectivity index (χ1v) is 11.1. The van der Waals surface area contributed by atoms with E-state index in [1.54, 1.807) is 49.4 Å². The third kappa shape index (κ3) is 6.65. The zero-order valence-corrected chi connectivity index (χ0v) is 20.6. The van der Waals surface area contributed by atoms with Gasteiger partial charge in [0.25, 0.3) is 5.91 Å². The molecule has 0 bridgehead atoms. The van der Waals surface area contributed by atoms with Gasteiger partial charge in [-0.2, -0.15) is 5.10 Å². The van der Waals surface area contributed by atoms with Crippen molar-refractivity contribution in [3.63, 3.8) is 0 Å². The third-order valence-corrected chi connectivity index (χ3v) is 5.19. The van der Waals surface area contributed by atoms with Gasteiger partial charge in [-0.1, -0.05) is 23.2 Å². The first kappa shape index (κ1) is 25.9. The van der Waals surface area contributed by atoms with Gasteiger partial charge in [0.05, 0.1) is 37.6 Å². The van der Waals surface area contributed by atoms with Gasteiger partial charge in [0.15, 0.2) is 23.0 Å². The van der Waals surface area contributed by atoms with Gasteiger partial charge in [-0.3, -0.25) is 4.79 Å². The Morgan fingerprint density at radius 3 is 2.34 bits per heavy atom. The van der Waals surface area contributed by atoms with Gasteiger partial charge in [-0.25, -0.2) is 10.2 Å². The normalized spacial score (nSPS) is 10.7. The topological polar surface area (TPSA) is 95.5 Å². The number of benzene rings is 3. The SMILES string of the molecule is CCOc1cc(/C=N\NC(=O)c2ccc(OC)c(OC)c2)ccc1OC(=O)c1ccc(Cl)cc1Cl. The Hall–Kier alpha value is -3.75. The molecule has 0 aliphatic heterocycles. The van der Waals surface area contributed by atoms with Crippen LogP contribution < -0.4 is 24.4 Å². The van der Waals surface area contributed by atoms with Crippen LogP contribution in [0.1, 0.15) is 33.2 Å². The van der Waals surface area contributed by atoms with E-state index in [-0.39, 0.29) is 16.3 Å². The van der Waals surface area contributed by atoms with Crippen molar-refractivity contribution < 1.29 is 28.5 Å². The van der Waals surface area contributed by atoms with Crippen LogP contribution in [0.2, 0.25) is 10.0 Å². The van der Waals surface area contributed by atoms with Crippen LogP contribution in [0.3, 0.4) is 0 Å². The van der Waals surface area contributed by atoms with Crippen LogP contribution in [0.25, 0.3) is 0 Å². The molecular formula is C25H22Cl2N2O6. The number of rotatable bonds is 9. The first-order chi connectivity index (χ1) is 16.9. The summed E-state index contributed by atoms with van der Waals surface area (Å²) in [7, 11) is 3.00. The molecule has 0 aliphatic rings. The zero-order chi connectivity index (χ0) is 25.4. The highest BCUT2D eigenvalue weighted by Crippen LogP contribution is 2.30. The van der Waals surface area contributed by atoms with E-state index in [9.17, 15) is 9.59 Å². The van der Waals surface area contributed by atoms with Crippen molar-refractivity contribution in [2.24, 2.45) is 5.10 Å². The lowest BCUT2D eigenvalue weighted by Gasteiger charge is -2.12. The highest BCUT2D eigenvalue weighted by atomic mass is 35.5. The Balaban J connectivity index is 1.72. The van der Waals surface area contributed by atoms with E-state index in [0.717, 1.165) is 0 Å². The maximum absolute atomic E-state index is 12.6. The molecule has 0 aliphatic carbocycles. The van der Waals surface area contributed by atoms with Gasteiger partial charge in [0.2, 0.25) is 0 Å². The molecule has 0 fully saturated rings. The molecule has 3 aromatic rings. The van der Waals surface area contributed by atoms with E-state index in [1.807, 2.05) is 0 Å². The lowest BCUT2D eigenvalue weighted by atomic mass is 10.2. The van der Waals surface area contributed by atoms with Gasteiger partial charge in [0, 0.05) is 10.6 Å². The second-order valence-corrected chi connectivity index (χ2v) is 7.77. The number of methoxy groups -OCH3 is 2. The molecule has 1 N–H and O–H groups in total. The lowest BCUT2D eigenvalue weighted by molar-refractivity contribution is 0.0728. The summed E-state index contributed by atoms with van der Waals surface area (Å²) in [5.74, 6) is 0.370. The van der Waals surface area contributed by atoms with Gasteiger partial charge >= 0.3 is 5.97 Å². The molecule has 0 spiro atoms. The van der Waals surface area contributed by atoms with Crippen LogP contribution in [-0.4, -0.2) is 38.9 Å². The smallest absolute Gasteiger partial charge is 0.345 e. The van der Waals surface area contributed by atoms with Gasteiger partial charge < -0.3 is 18.9 Å². The Bertz CT molecular complexity index is 1260. The maximum Gasteiger partial charge on any atom is 0.345 e. The molecule has 10 heteroatoms. The molecule has 0 aromatic heterocycles. The molecule has 0 heterocycles. The second-order valence-electron chi connectivity index (χ2n) is 6.92. The van der Waals surface area contributed by atoms with Gasteiger partial charge in [-0.05, 0) is 67.1 Å². The number of hydrogen-bond acceptors (Lipinski definition) is 7. The molecule has 182 valence electrons. The van der Waals surface area contributed by atoms with E-state index in [2.05, 4.69) is 10.5 Å². The Labute approximate surface area is 212 Å². The van der Waals surface area contributed by atoms with E-state index in [1.165, 1.54) is 32.6 Å². The lowest BCUT2D eigenvalue weighted by Crippen LogP contribution is -2.17. The first-order valence-electron chi connectivity index (χ1n) is 10.4. The molecule has 8 nitrogen and oxygen atoms in total. The number of nitrogens with zero attached hydrogens (tertiary/aromatic N) is 1. The fourth-order valence-corrected chi connectivity index (χ4v) is 3.46. The minimum absolute atomic E-state index is 0.169. The van der Waals surface area contributed by atoms with Crippen molar-refractivity contribution in [2.75, 3.05) is 20.8 Å². The summed E-state index contributed by atoms with van der Waals surface area (Å²) in [6.07, 6.45) is 1.43. The maximum atomic E-state index is 12.6. The fraction of sp³-hybridized carbons (Fsp3) is 0.160. The van der Waals surface area contributed by atoms with Crippen LogP contribution in [0.5, 0.6) is 23.0 Å². The minimum Gasteiger partial charge on any atom is -0.493 e. The number of hydrogen-bond donors (Lipinski definition) is 1. The van der Waals surface area contributed by atoms with E-state index >= 15 is 0 Å². The average Bonchev–Trinajstić information content (AvgIpc) is 2.85. The Morgan fingerprint density at radius 2 is 1.66 bits per heavy atom. The standard InChI is InChI=1S/C25H22Cl2N2O6/c1-4-34-23-11-15(5-9-21(23)35-25(31)18-8-7-17(26)13-19(18)27)14-28-29-24(30)16-6-10-20(32-2)22(12-16)33-3/h5-14H,4H2,1-3H3,(H,29,30)/b28-14-. The number of carbonyl (C=O) groups excluding carboxylic acids is 2. The van der Waals surface area contributed by atoms with Crippen LogP contribution >= 0.6 is 23.2 Å². The Morgan fingerprint density at radius 1 is 0.914 bits per heavy atom. The highest BCUT2D eigenvalue weighted by molar-refractivity contribution is 6.36. The van der Waals surface area contributed by atoms with Crippen molar-refractivity contribution in [3.8, 4) is 23.0 Å². The van der Waals surface area contributed by atoms with Crippen molar-refractivity contribution in [3.05, 3.63) is 81.3 Å². The molecular weight excluding hydrogens is 495 g/mol. The summed E-state index contributed by atoms with van der Waals surface area (Å²) < 4.78 is 21.5. The number of amides is 1. The van der Waals surface area contributed by atoms with Crippen LogP contribution in [0.15, 0.2) is 59.7 Å². The number of hydrazone groups is 1. The monoisotopic (exact) mass is 516 g/mol. The van der Waals surface area contributed by atoms with Gasteiger partial charge in [0.1, 0.15) is 0 Å². The van der Waals surface area contributed by atoms with Crippen LogP contribution in [0, 0.1) is 0 Å². The quantitative estimate of drug-likeness (QED) is 0.177. The van der Waals surface area contributed by atoms with Crippen molar-refractivity contribution >= 4 is 41.3 Å². The van der Waals surface area contributed by atoms with Gasteiger partial charge in [-0.15, -0.1) is 0 Å². The molecule has 0 unspecified atom stereocenters. The molecule has 1 amide bonds. The highest BCUT2D eigenvalue weighted by Gasteiger charge is 2.16. The summed E-state index contributed by atoms with van der Waals surface area (Å²) in [4.78, 5) is 25.0. The van der Waals surface area contributed by atoms with E-state index < -0.39 is 11.9 Å². The predicted molar refractivity (Wildman–Crippen MR) is 134 cm³/mol. The molecule has 0 saturated carbocycles. The molecule has 35 heavy (non-hydrogen) atoms. The van der Waals surface area contributed by atoms with E-state index in [0.29, 0.717) is 40.0 Å². The molecule has 0 atom stereocenters. The Kier molecular flexibility index (Phi) is 8.94. The third-order valence-electron chi connectivity index (χ3n) is 4.65. The number of esters is 1. The summed E-state index contributed by atoms with van der Waals surface area (Å²) in [5.41, 5.74) is 3.57. The predicted octanol–water partition coefficient (Wildman–Crippen LogP) is 5.39. The van der Waals surface area contributed by atoms with Crippen LogP contribution in [-0.2, 0) is 0 Å². The number of nitrogens with one attached hydrogen (secondary N) is 1. The minimum atomic E-state index is -0.656. The molecule has 3 aromatic carbocycles. The van der Waals surface area contributed by atoms with Crippen molar-refractivity contribution in [1.82, 2.24) is 5.43 Å². The molecule has 0 saturated heterocycles. The summed E-state index contributed by atoms with van der Waals surface area (Å²) in [5, 5.41) is 4.57. The van der Waals surface area contributed by atoms with Crippen LogP contribution in [0.4, 0.5) is 0 Å². The molecule has 0 radical (unpaired) electrons. The fourth-order valence-electron chi connectivity index (χ4n) is 2.97. The number of carbonyl (C=O) groups is 2. The number of ether oxygens (including phenoxy) is 4. The van der Waals surface area contributed by atoms with E-state index in [4.69, 9.17) is 42.1 Å². The summed E-state index contributed by atoms with van der Waals surface area (Å²) in [6, 6.07) is 14.1. The summed E-state index contributed by atoms with van der Waals surface area (Å²) >= 11 is 12.0. The van der Waals surface area contributed by atoms with Crippen molar-refractivity contribution in [1.29, 1.82) is 0 Å². The number of halogens is 2. The average molecular weight is 517 g/mol. The zero-order valence-electron chi connectivity index (χ0n) is 19.1. The molecule has 3 rings (SSSR count). The summed E-state index contributed by atoms with van der Waals surface area (Å²) in [6.45, 7) is 2.13. The second kappa shape index (κ2) is 12.1.